The molecule has 0 spiro atoms. The number of nitriles is 1. The fourth-order valence-electron chi connectivity index (χ4n) is 4.89. The second kappa shape index (κ2) is 6.90. The Hall–Kier alpha value is -2.10. The van der Waals surface area contributed by atoms with Gasteiger partial charge in [-0.2, -0.15) is 5.26 Å². The van der Waals surface area contributed by atoms with E-state index in [1.165, 1.54) is 4.90 Å². The zero-order valence-electron chi connectivity index (χ0n) is 15.7. The third kappa shape index (κ3) is 2.95. The predicted molar refractivity (Wildman–Crippen MR) is 95.1 cm³/mol. The summed E-state index contributed by atoms with van der Waals surface area (Å²) in [7, 11) is 0. The molecule has 6 nitrogen and oxygen atoms in total. The number of likely N-dealkylation sites (tertiary alicyclic amines) is 1. The third-order valence-corrected chi connectivity index (χ3v) is 6.03. The number of hydrogen-bond donors (Lipinski definition) is 2. The highest BCUT2D eigenvalue weighted by Crippen LogP contribution is 2.55. The quantitative estimate of drug-likeness (QED) is 0.748. The van der Waals surface area contributed by atoms with Crippen molar-refractivity contribution in [2.45, 2.75) is 70.6 Å². The molecule has 3 atom stereocenters. The number of nitrogens with zero attached hydrogens (tertiary/aromatic N) is 2. The molecule has 1 heterocycles. The molecule has 7 heteroatoms. The zero-order chi connectivity index (χ0) is 19.8. The van der Waals surface area contributed by atoms with Gasteiger partial charge in [-0.05, 0) is 18.3 Å². The highest BCUT2D eigenvalue weighted by Gasteiger charge is 2.64. The van der Waals surface area contributed by atoms with E-state index in [1.54, 1.807) is 26.8 Å². The van der Waals surface area contributed by atoms with Crippen LogP contribution in [0.4, 0.5) is 9.18 Å². The van der Waals surface area contributed by atoms with Gasteiger partial charge >= 0.3 is 6.09 Å². The molecule has 1 aliphatic carbocycles. The van der Waals surface area contributed by atoms with Gasteiger partial charge in [-0.1, -0.05) is 39.7 Å². The summed E-state index contributed by atoms with van der Waals surface area (Å²) in [5.74, 6) is -0.527. The number of carbonyl (C=O) groups excluding carboxylic acids is 1. The van der Waals surface area contributed by atoms with Crippen LogP contribution in [0.1, 0.15) is 52.9 Å². The number of nitrogens with one attached hydrogen (secondary N) is 1. The summed E-state index contributed by atoms with van der Waals surface area (Å²) in [4.78, 5) is 26.7. The van der Waals surface area contributed by atoms with Crippen molar-refractivity contribution in [2.24, 2.45) is 10.8 Å². The molecule has 0 aromatic carbocycles. The Morgan fingerprint density at radius 3 is 2.38 bits per heavy atom. The van der Waals surface area contributed by atoms with Gasteiger partial charge < -0.3 is 15.3 Å². The SMILES string of the molecule is C=CC1([C@](NC(=O)O)(C(=O)N2C[C@@H](F)C[C@H]2C#N)C(C)(C)C)CCCC1. The number of alkyl halides is 1. The van der Waals surface area contributed by atoms with E-state index >= 15 is 0 Å². The normalized spacial score (nSPS) is 27.4. The van der Waals surface area contributed by atoms with Crippen LogP contribution in [0.15, 0.2) is 12.7 Å². The number of carbonyl (C=O) groups is 2. The van der Waals surface area contributed by atoms with E-state index in [9.17, 15) is 24.3 Å². The van der Waals surface area contributed by atoms with Gasteiger partial charge in [0.2, 0.25) is 0 Å². The van der Waals surface area contributed by atoms with E-state index in [-0.39, 0.29) is 13.0 Å². The average Bonchev–Trinajstić information content (AvgIpc) is 3.17. The average molecular weight is 365 g/mol. The molecule has 1 saturated carbocycles. The van der Waals surface area contributed by atoms with Gasteiger partial charge in [-0.25, -0.2) is 9.18 Å². The largest absolute Gasteiger partial charge is 0.465 e. The molecular formula is C19H28FN3O3. The summed E-state index contributed by atoms with van der Waals surface area (Å²) in [6, 6.07) is 1.10. The van der Waals surface area contributed by atoms with Crippen molar-refractivity contribution < 1.29 is 19.1 Å². The monoisotopic (exact) mass is 365 g/mol. The molecule has 2 rings (SSSR count). The molecule has 1 aliphatic heterocycles. The van der Waals surface area contributed by atoms with Crippen LogP contribution in [0.3, 0.4) is 0 Å². The van der Waals surface area contributed by atoms with Gasteiger partial charge in [0.1, 0.15) is 17.8 Å². The Morgan fingerprint density at radius 1 is 1.38 bits per heavy atom. The van der Waals surface area contributed by atoms with Crippen molar-refractivity contribution in [1.82, 2.24) is 10.2 Å². The second-order valence-corrected chi connectivity index (χ2v) is 8.43. The lowest BCUT2D eigenvalue weighted by molar-refractivity contribution is -0.150. The standard InChI is InChI=1S/C19H28FN3O3/c1-5-18(8-6-7-9-18)19(17(2,3)4,22-16(25)26)15(24)23-12-13(20)10-14(23)11-21/h5,13-14,22H,1,6-10,12H2,2-4H3,(H,25,26)/t13-,14-,19-/m0/s1. The first-order valence-corrected chi connectivity index (χ1v) is 9.04. The molecule has 0 aromatic heterocycles. The molecule has 2 aliphatic rings. The van der Waals surface area contributed by atoms with Gasteiger partial charge in [0.15, 0.2) is 0 Å². The lowest BCUT2D eigenvalue weighted by Gasteiger charge is -2.54. The van der Waals surface area contributed by atoms with Gasteiger partial charge in [-0.3, -0.25) is 4.79 Å². The summed E-state index contributed by atoms with van der Waals surface area (Å²) < 4.78 is 14.0. The Morgan fingerprint density at radius 2 is 1.96 bits per heavy atom. The van der Waals surface area contributed by atoms with Crippen molar-refractivity contribution in [3.63, 3.8) is 0 Å². The van der Waals surface area contributed by atoms with E-state index in [4.69, 9.17) is 0 Å². The molecule has 2 fully saturated rings. The van der Waals surface area contributed by atoms with E-state index in [0.717, 1.165) is 12.8 Å². The van der Waals surface area contributed by atoms with Crippen molar-refractivity contribution in [3.8, 4) is 6.07 Å². The molecule has 144 valence electrons. The van der Waals surface area contributed by atoms with Crippen molar-refractivity contribution >= 4 is 12.0 Å². The fraction of sp³-hybridized carbons (Fsp3) is 0.737. The lowest BCUT2D eigenvalue weighted by atomic mass is 9.56. The molecular weight excluding hydrogens is 337 g/mol. The summed E-state index contributed by atoms with van der Waals surface area (Å²) in [6.45, 7) is 9.13. The van der Waals surface area contributed by atoms with Gasteiger partial charge in [0.05, 0.1) is 12.6 Å². The van der Waals surface area contributed by atoms with Crippen LogP contribution < -0.4 is 5.32 Å². The summed E-state index contributed by atoms with van der Waals surface area (Å²) >= 11 is 0. The maximum absolute atomic E-state index is 14.0. The zero-order valence-corrected chi connectivity index (χ0v) is 15.7. The Labute approximate surface area is 154 Å². The first-order valence-electron chi connectivity index (χ1n) is 9.04. The highest BCUT2D eigenvalue weighted by molar-refractivity contribution is 5.93. The maximum atomic E-state index is 14.0. The van der Waals surface area contributed by atoms with Crippen LogP contribution in [-0.2, 0) is 4.79 Å². The molecule has 0 bridgehead atoms. The predicted octanol–water partition coefficient (Wildman–Crippen LogP) is 3.25. The number of halogens is 1. The second-order valence-electron chi connectivity index (χ2n) is 8.43. The minimum atomic E-state index is -1.52. The fourth-order valence-corrected chi connectivity index (χ4v) is 4.89. The molecule has 0 aromatic rings. The van der Waals surface area contributed by atoms with Crippen LogP contribution >= 0.6 is 0 Å². The minimum Gasteiger partial charge on any atom is -0.465 e. The van der Waals surface area contributed by atoms with E-state index in [2.05, 4.69) is 11.9 Å². The van der Waals surface area contributed by atoms with E-state index in [0.29, 0.717) is 12.8 Å². The molecule has 26 heavy (non-hydrogen) atoms. The molecule has 0 unspecified atom stereocenters. The maximum Gasteiger partial charge on any atom is 0.405 e. The molecule has 2 amide bonds. The van der Waals surface area contributed by atoms with Crippen molar-refractivity contribution in [3.05, 3.63) is 12.7 Å². The number of amides is 2. The molecule has 1 saturated heterocycles. The van der Waals surface area contributed by atoms with Crippen LogP contribution in [0.2, 0.25) is 0 Å². The number of carboxylic acid groups (broad SMARTS) is 1. The summed E-state index contributed by atoms with van der Waals surface area (Å²) in [6.07, 6.45) is 1.98. The summed E-state index contributed by atoms with van der Waals surface area (Å²) in [5, 5.41) is 21.5. The highest BCUT2D eigenvalue weighted by atomic mass is 19.1. The first-order chi connectivity index (χ1) is 12.0. The van der Waals surface area contributed by atoms with Gasteiger partial charge in [0.25, 0.3) is 5.91 Å². The Balaban J connectivity index is 2.66. The van der Waals surface area contributed by atoms with E-state index in [1.807, 2.05) is 6.07 Å². The molecule has 0 radical (unpaired) electrons. The first kappa shape index (κ1) is 20.2. The van der Waals surface area contributed by atoms with Crippen molar-refractivity contribution in [1.29, 1.82) is 5.26 Å². The van der Waals surface area contributed by atoms with Crippen LogP contribution in [0, 0.1) is 22.2 Å². The smallest absolute Gasteiger partial charge is 0.405 e. The number of hydrogen-bond acceptors (Lipinski definition) is 3. The minimum absolute atomic E-state index is 0.0450. The number of rotatable bonds is 4. The van der Waals surface area contributed by atoms with Crippen LogP contribution in [0.25, 0.3) is 0 Å². The topological polar surface area (TPSA) is 93.4 Å². The third-order valence-electron chi connectivity index (χ3n) is 6.03. The molecule has 2 N–H and O–H groups in total. The van der Waals surface area contributed by atoms with Crippen LogP contribution in [0.5, 0.6) is 0 Å². The Kier molecular flexibility index (Phi) is 5.36. The van der Waals surface area contributed by atoms with E-state index < -0.39 is 40.6 Å². The Bertz CT molecular complexity index is 631. The van der Waals surface area contributed by atoms with Crippen molar-refractivity contribution in [2.75, 3.05) is 6.54 Å². The van der Waals surface area contributed by atoms with Gasteiger partial charge in [-0.15, -0.1) is 6.58 Å². The summed E-state index contributed by atoms with van der Waals surface area (Å²) in [5.41, 5.74) is -3.12. The van der Waals surface area contributed by atoms with Crippen LogP contribution in [-0.4, -0.2) is 46.3 Å². The lowest BCUT2D eigenvalue weighted by Crippen LogP contribution is -2.73. The van der Waals surface area contributed by atoms with Gasteiger partial charge in [0, 0.05) is 11.8 Å².